The normalized spacial score (nSPS) is 25.7. The zero-order valence-electron chi connectivity index (χ0n) is 9.99. The van der Waals surface area contributed by atoms with Gasteiger partial charge < -0.3 is 11.1 Å². The van der Waals surface area contributed by atoms with Gasteiger partial charge in [-0.05, 0) is 33.4 Å². The van der Waals surface area contributed by atoms with Gasteiger partial charge in [-0.15, -0.1) is 0 Å². The molecule has 0 saturated carbocycles. The largest absolute Gasteiger partial charge is 0.369 e. The number of amides is 1. The summed E-state index contributed by atoms with van der Waals surface area (Å²) >= 11 is 0. The lowest BCUT2D eigenvalue weighted by molar-refractivity contribution is -0.123. The van der Waals surface area contributed by atoms with E-state index in [-0.39, 0.29) is 11.8 Å². The van der Waals surface area contributed by atoms with Crippen molar-refractivity contribution in [2.75, 3.05) is 26.7 Å². The van der Waals surface area contributed by atoms with Crippen LogP contribution in [0.4, 0.5) is 0 Å². The number of likely N-dealkylation sites (N-methyl/N-ethyl adjacent to an activating group) is 1. The number of likely N-dealkylation sites (tertiary alicyclic amines) is 1. The first-order valence-electron chi connectivity index (χ1n) is 5.62. The molecule has 16 heavy (non-hydrogen) atoms. The molecule has 0 spiro atoms. The van der Waals surface area contributed by atoms with Crippen molar-refractivity contribution in [1.82, 2.24) is 10.2 Å². The summed E-state index contributed by atoms with van der Waals surface area (Å²) in [5, 5.41) is 12.1. The third-order valence-corrected chi connectivity index (χ3v) is 3.25. The molecular weight excluding hydrogens is 204 g/mol. The summed E-state index contributed by atoms with van der Waals surface area (Å²) in [6, 6.07) is 2.25. The van der Waals surface area contributed by atoms with E-state index in [1.165, 1.54) is 0 Å². The van der Waals surface area contributed by atoms with Gasteiger partial charge in [0.15, 0.2) is 0 Å². The Morgan fingerprint density at radius 3 is 2.94 bits per heavy atom. The Bertz CT molecular complexity index is 299. The summed E-state index contributed by atoms with van der Waals surface area (Å²) < 4.78 is 0. The van der Waals surface area contributed by atoms with Gasteiger partial charge in [0.25, 0.3) is 0 Å². The molecule has 0 aromatic heterocycles. The van der Waals surface area contributed by atoms with Crippen molar-refractivity contribution in [3.63, 3.8) is 0 Å². The van der Waals surface area contributed by atoms with Crippen LogP contribution >= 0.6 is 0 Å². The third kappa shape index (κ3) is 3.19. The van der Waals surface area contributed by atoms with Gasteiger partial charge in [-0.3, -0.25) is 9.69 Å². The number of nitrogens with one attached hydrogen (secondary N) is 1. The fourth-order valence-corrected chi connectivity index (χ4v) is 2.05. The number of hydrogen-bond donors (Lipinski definition) is 2. The minimum atomic E-state index is -0.556. The highest BCUT2D eigenvalue weighted by atomic mass is 16.1. The Hall–Kier alpha value is -1.12. The molecule has 1 aliphatic heterocycles. The zero-order chi connectivity index (χ0) is 12.2. The highest BCUT2D eigenvalue weighted by molar-refractivity contribution is 5.76. The molecule has 0 bridgehead atoms. The predicted octanol–water partition coefficient (Wildman–Crippen LogP) is -0.315. The van der Waals surface area contributed by atoms with Crippen LogP contribution in [-0.2, 0) is 4.79 Å². The van der Waals surface area contributed by atoms with Gasteiger partial charge in [-0.1, -0.05) is 0 Å². The van der Waals surface area contributed by atoms with E-state index in [0.717, 1.165) is 19.4 Å². The summed E-state index contributed by atoms with van der Waals surface area (Å²) in [7, 11) is 1.78. The molecule has 2 unspecified atom stereocenters. The van der Waals surface area contributed by atoms with Crippen molar-refractivity contribution < 1.29 is 4.79 Å². The molecule has 0 aromatic rings. The van der Waals surface area contributed by atoms with E-state index >= 15 is 0 Å². The number of nitriles is 1. The first-order chi connectivity index (χ1) is 7.50. The van der Waals surface area contributed by atoms with E-state index in [1.54, 1.807) is 7.05 Å². The molecule has 1 amide bonds. The van der Waals surface area contributed by atoms with Gasteiger partial charge in [0.2, 0.25) is 5.91 Å². The van der Waals surface area contributed by atoms with Crippen LogP contribution in [0.5, 0.6) is 0 Å². The lowest BCUT2D eigenvalue weighted by atomic mass is 9.95. The molecule has 5 nitrogen and oxygen atoms in total. The molecule has 90 valence electrons. The van der Waals surface area contributed by atoms with Crippen LogP contribution < -0.4 is 11.1 Å². The molecule has 3 N–H and O–H groups in total. The van der Waals surface area contributed by atoms with Crippen molar-refractivity contribution >= 4 is 5.91 Å². The SMILES string of the molecule is CNC(C)(C#N)CN1CCCC(C(N)=O)C1. The molecule has 2 atom stereocenters. The predicted molar refractivity (Wildman–Crippen MR) is 61.4 cm³/mol. The van der Waals surface area contributed by atoms with E-state index in [9.17, 15) is 4.79 Å². The average Bonchev–Trinajstić information content (AvgIpc) is 2.29. The van der Waals surface area contributed by atoms with Crippen LogP contribution in [0, 0.1) is 17.2 Å². The van der Waals surface area contributed by atoms with Crippen LogP contribution in [0.1, 0.15) is 19.8 Å². The Morgan fingerprint density at radius 2 is 2.44 bits per heavy atom. The second-order valence-corrected chi connectivity index (χ2v) is 4.67. The third-order valence-electron chi connectivity index (χ3n) is 3.25. The fourth-order valence-electron chi connectivity index (χ4n) is 2.05. The maximum atomic E-state index is 11.1. The number of hydrogen-bond acceptors (Lipinski definition) is 4. The summed E-state index contributed by atoms with van der Waals surface area (Å²) in [5.74, 6) is -0.290. The maximum Gasteiger partial charge on any atom is 0.221 e. The number of carbonyl (C=O) groups is 1. The Balaban J connectivity index is 2.55. The second-order valence-electron chi connectivity index (χ2n) is 4.67. The zero-order valence-corrected chi connectivity index (χ0v) is 9.99. The molecule has 1 fully saturated rings. The van der Waals surface area contributed by atoms with Crippen LogP contribution in [-0.4, -0.2) is 43.0 Å². The highest BCUT2D eigenvalue weighted by Gasteiger charge is 2.30. The lowest BCUT2D eigenvalue weighted by Crippen LogP contribution is -2.52. The van der Waals surface area contributed by atoms with Gasteiger partial charge >= 0.3 is 0 Å². The lowest BCUT2D eigenvalue weighted by Gasteiger charge is -2.35. The topological polar surface area (TPSA) is 82.2 Å². The Kier molecular flexibility index (Phi) is 4.27. The molecule has 1 heterocycles. The molecule has 0 aliphatic carbocycles. The second kappa shape index (κ2) is 5.28. The van der Waals surface area contributed by atoms with E-state index in [4.69, 9.17) is 11.0 Å². The molecule has 1 aliphatic rings. The number of carbonyl (C=O) groups excluding carboxylic acids is 1. The summed E-state index contributed by atoms with van der Waals surface area (Å²) in [4.78, 5) is 13.3. The fraction of sp³-hybridized carbons (Fsp3) is 0.818. The van der Waals surface area contributed by atoms with E-state index in [1.807, 2.05) is 6.92 Å². The van der Waals surface area contributed by atoms with Gasteiger partial charge in [-0.2, -0.15) is 5.26 Å². The average molecular weight is 224 g/mol. The highest BCUT2D eigenvalue weighted by Crippen LogP contribution is 2.18. The number of nitrogens with two attached hydrogens (primary N) is 1. The molecular formula is C11H20N4O. The van der Waals surface area contributed by atoms with E-state index in [0.29, 0.717) is 13.1 Å². The molecule has 1 saturated heterocycles. The summed E-state index contributed by atoms with van der Waals surface area (Å²) in [6.07, 6.45) is 1.84. The number of primary amides is 1. The number of piperidine rings is 1. The molecule has 0 radical (unpaired) electrons. The van der Waals surface area contributed by atoms with Crippen LogP contribution in [0.25, 0.3) is 0 Å². The van der Waals surface area contributed by atoms with Gasteiger partial charge in [0, 0.05) is 13.1 Å². The molecule has 0 aromatic carbocycles. The quantitative estimate of drug-likeness (QED) is 0.686. The standard InChI is InChI=1S/C11H20N4O/c1-11(7-12,14-2)8-15-5-3-4-9(6-15)10(13)16/h9,14H,3-6,8H2,1-2H3,(H2,13,16). The minimum absolute atomic E-state index is 0.0615. The van der Waals surface area contributed by atoms with Crippen molar-refractivity contribution in [3.8, 4) is 6.07 Å². The first-order valence-corrected chi connectivity index (χ1v) is 5.62. The van der Waals surface area contributed by atoms with Gasteiger partial charge in [0.1, 0.15) is 5.54 Å². The van der Waals surface area contributed by atoms with Gasteiger partial charge in [0.05, 0.1) is 12.0 Å². The summed E-state index contributed by atoms with van der Waals surface area (Å²) in [5.41, 5.74) is 4.76. The number of rotatable bonds is 4. The first kappa shape index (κ1) is 12.9. The van der Waals surface area contributed by atoms with E-state index in [2.05, 4.69) is 16.3 Å². The van der Waals surface area contributed by atoms with Crippen LogP contribution in [0.15, 0.2) is 0 Å². The van der Waals surface area contributed by atoms with E-state index < -0.39 is 5.54 Å². The van der Waals surface area contributed by atoms with Gasteiger partial charge in [-0.25, -0.2) is 0 Å². The Labute approximate surface area is 96.6 Å². The van der Waals surface area contributed by atoms with Crippen molar-refractivity contribution in [2.45, 2.75) is 25.3 Å². The Morgan fingerprint density at radius 1 is 1.75 bits per heavy atom. The van der Waals surface area contributed by atoms with Crippen LogP contribution in [0.2, 0.25) is 0 Å². The smallest absolute Gasteiger partial charge is 0.221 e. The van der Waals surface area contributed by atoms with Crippen LogP contribution in [0.3, 0.4) is 0 Å². The monoisotopic (exact) mass is 224 g/mol. The molecule has 1 rings (SSSR count). The number of nitrogens with zero attached hydrogens (tertiary/aromatic N) is 2. The summed E-state index contributed by atoms with van der Waals surface area (Å²) in [6.45, 7) is 4.10. The maximum absolute atomic E-state index is 11.1. The van der Waals surface area contributed by atoms with Crippen molar-refractivity contribution in [1.29, 1.82) is 5.26 Å². The molecule has 5 heteroatoms. The van der Waals surface area contributed by atoms with Crippen molar-refractivity contribution in [3.05, 3.63) is 0 Å². The van der Waals surface area contributed by atoms with Crippen molar-refractivity contribution in [2.24, 2.45) is 11.7 Å². The minimum Gasteiger partial charge on any atom is -0.369 e.